The van der Waals surface area contributed by atoms with Crippen LogP contribution in [0, 0.1) is 0 Å². The molecule has 0 saturated heterocycles. The second-order valence-corrected chi connectivity index (χ2v) is 4.04. The van der Waals surface area contributed by atoms with Gasteiger partial charge in [0.05, 0.1) is 14.2 Å². The molecule has 0 N–H and O–H groups in total. The standard InChI is InChI=1S/C15H16NO3.HI/c1-18-14-7-6-12(10-15(14)19-2)13(17)11-16-8-4-3-5-9-16;/h3-10H,11H2,1-2H3;1H/q+1;/p-1. The van der Waals surface area contributed by atoms with Crippen LogP contribution in [-0.4, -0.2) is 20.0 Å². The van der Waals surface area contributed by atoms with E-state index in [0.717, 1.165) is 0 Å². The smallest absolute Gasteiger partial charge is 0.227 e. The topological polar surface area (TPSA) is 39.4 Å². The molecule has 0 bridgehead atoms. The molecule has 0 aliphatic heterocycles. The quantitative estimate of drug-likeness (QED) is 0.372. The number of carbonyl (C=O) groups is 1. The predicted octanol–water partition coefficient (Wildman–Crippen LogP) is -1.12. The lowest BCUT2D eigenvalue weighted by Gasteiger charge is -2.08. The summed E-state index contributed by atoms with van der Waals surface area (Å²) in [4.78, 5) is 12.2. The number of Topliss-reactive ketones (excluding diaryl/α,β-unsaturated/α-hetero) is 1. The summed E-state index contributed by atoms with van der Waals surface area (Å²) in [6, 6.07) is 10.9. The van der Waals surface area contributed by atoms with Crippen molar-refractivity contribution in [3.63, 3.8) is 0 Å². The van der Waals surface area contributed by atoms with Gasteiger partial charge in [-0.2, -0.15) is 4.57 Å². The molecule has 0 atom stereocenters. The molecular formula is C15H16INO3. The van der Waals surface area contributed by atoms with E-state index in [0.29, 0.717) is 23.6 Å². The molecule has 0 aliphatic rings. The average molecular weight is 385 g/mol. The van der Waals surface area contributed by atoms with Crippen molar-refractivity contribution in [3.05, 3.63) is 54.4 Å². The predicted molar refractivity (Wildman–Crippen MR) is 70.5 cm³/mol. The van der Waals surface area contributed by atoms with Crippen LogP contribution in [0.2, 0.25) is 0 Å². The maximum Gasteiger partial charge on any atom is 0.227 e. The van der Waals surface area contributed by atoms with Crippen molar-refractivity contribution in [2.75, 3.05) is 14.2 Å². The fraction of sp³-hybridized carbons (Fsp3) is 0.200. The molecule has 1 aromatic heterocycles. The Morgan fingerprint density at radius 1 is 1.05 bits per heavy atom. The number of hydrogen-bond acceptors (Lipinski definition) is 3. The number of nitrogens with zero attached hydrogens (tertiary/aromatic N) is 1. The first kappa shape index (κ1) is 16.4. The van der Waals surface area contributed by atoms with Gasteiger partial charge in [-0.3, -0.25) is 4.79 Å². The van der Waals surface area contributed by atoms with Gasteiger partial charge in [0.15, 0.2) is 23.9 Å². The fourth-order valence-electron chi connectivity index (χ4n) is 1.81. The van der Waals surface area contributed by atoms with Crippen LogP contribution in [0.5, 0.6) is 11.5 Å². The number of carbonyl (C=O) groups excluding carboxylic acids is 1. The van der Waals surface area contributed by atoms with Gasteiger partial charge in [-0.05, 0) is 18.2 Å². The lowest BCUT2D eigenvalue weighted by atomic mass is 10.1. The Morgan fingerprint density at radius 3 is 2.30 bits per heavy atom. The van der Waals surface area contributed by atoms with E-state index < -0.39 is 0 Å². The molecule has 0 saturated carbocycles. The van der Waals surface area contributed by atoms with E-state index in [-0.39, 0.29) is 29.8 Å². The van der Waals surface area contributed by atoms with Gasteiger partial charge >= 0.3 is 0 Å². The van der Waals surface area contributed by atoms with E-state index in [1.807, 2.05) is 35.2 Å². The number of ketones is 1. The second kappa shape index (κ2) is 7.84. The van der Waals surface area contributed by atoms with Crippen LogP contribution in [-0.2, 0) is 6.54 Å². The van der Waals surface area contributed by atoms with Crippen LogP contribution in [0.25, 0.3) is 0 Å². The monoisotopic (exact) mass is 385 g/mol. The van der Waals surface area contributed by atoms with Gasteiger partial charge in [0.25, 0.3) is 0 Å². The highest BCUT2D eigenvalue weighted by Gasteiger charge is 2.14. The van der Waals surface area contributed by atoms with Crippen molar-refractivity contribution in [1.29, 1.82) is 0 Å². The van der Waals surface area contributed by atoms with Crippen LogP contribution in [0.1, 0.15) is 10.4 Å². The summed E-state index contributed by atoms with van der Waals surface area (Å²) in [7, 11) is 3.12. The molecule has 2 aromatic rings. The Bertz CT molecular complexity index is 573. The van der Waals surface area contributed by atoms with Crippen molar-refractivity contribution < 1.29 is 42.8 Å². The number of benzene rings is 1. The van der Waals surface area contributed by atoms with Crippen LogP contribution in [0.3, 0.4) is 0 Å². The molecule has 20 heavy (non-hydrogen) atoms. The lowest BCUT2D eigenvalue weighted by molar-refractivity contribution is -0.683. The van der Waals surface area contributed by atoms with E-state index in [9.17, 15) is 4.79 Å². The molecule has 5 heteroatoms. The normalized spacial score (nSPS) is 9.50. The summed E-state index contributed by atoms with van der Waals surface area (Å²) in [6.07, 6.45) is 3.72. The first-order valence-electron chi connectivity index (χ1n) is 5.94. The largest absolute Gasteiger partial charge is 1.00 e. The van der Waals surface area contributed by atoms with Gasteiger partial charge < -0.3 is 33.5 Å². The van der Waals surface area contributed by atoms with Crippen LogP contribution < -0.4 is 38.0 Å². The van der Waals surface area contributed by atoms with Gasteiger partial charge in [0.1, 0.15) is 0 Å². The first-order valence-corrected chi connectivity index (χ1v) is 5.94. The molecule has 2 rings (SSSR count). The van der Waals surface area contributed by atoms with Crippen molar-refractivity contribution in [1.82, 2.24) is 0 Å². The highest BCUT2D eigenvalue weighted by Crippen LogP contribution is 2.27. The number of hydrogen-bond donors (Lipinski definition) is 0. The summed E-state index contributed by atoms with van der Waals surface area (Å²) >= 11 is 0. The molecular weight excluding hydrogens is 369 g/mol. The Hall–Kier alpha value is -1.63. The minimum absolute atomic E-state index is 0. The number of halogens is 1. The summed E-state index contributed by atoms with van der Waals surface area (Å²) in [5.74, 6) is 1.20. The maximum atomic E-state index is 12.2. The van der Waals surface area contributed by atoms with Crippen molar-refractivity contribution >= 4 is 5.78 Å². The summed E-state index contributed by atoms with van der Waals surface area (Å²) in [6.45, 7) is 0.302. The molecule has 4 nitrogen and oxygen atoms in total. The van der Waals surface area contributed by atoms with Crippen molar-refractivity contribution in [2.45, 2.75) is 6.54 Å². The summed E-state index contributed by atoms with van der Waals surface area (Å²) < 4.78 is 12.2. The molecule has 1 aromatic carbocycles. The Morgan fingerprint density at radius 2 is 1.70 bits per heavy atom. The highest BCUT2D eigenvalue weighted by atomic mass is 127. The molecule has 0 fully saturated rings. The zero-order valence-corrected chi connectivity index (χ0v) is 13.5. The number of methoxy groups -OCH3 is 2. The third-order valence-corrected chi connectivity index (χ3v) is 2.81. The summed E-state index contributed by atoms with van der Waals surface area (Å²) in [5, 5.41) is 0. The Labute approximate surface area is 135 Å². The van der Waals surface area contributed by atoms with Gasteiger partial charge in [0.2, 0.25) is 12.3 Å². The number of pyridine rings is 1. The average Bonchev–Trinajstić information content (AvgIpc) is 2.47. The maximum absolute atomic E-state index is 12.2. The zero-order chi connectivity index (χ0) is 13.7. The van der Waals surface area contributed by atoms with Gasteiger partial charge in [0, 0.05) is 17.7 Å². The fourth-order valence-corrected chi connectivity index (χ4v) is 1.81. The molecule has 0 radical (unpaired) electrons. The van der Waals surface area contributed by atoms with E-state index in [1.165, 1.54) is 0 Å². The molecule has 0 spiro atoms. The van der Waals surface area contributed by atoms with E-state index in [4.69, 9.17) is 9.47 Å². The van der Waals surface area contributed by atoms with Gasteiger partial charge in [-0.15, -0.1) is 0 Å². The van der Waals surface area contributed by atoms with Crippen molar-refractivity contribution in [3.8, 4) is 11.5 Å². The van der Waals surface area contributed by atoms with E-state index in [2.05, 4.69) is 0 Å². The highest BCUT2D eigenvalue weighted by molar-refractivity contribution is 5.95. The zero-order valence-electron chi connectivity index (χ0n) is 11.4. The lowest BCUT2D eigenvalue weighted by Crippen LogP contribution is -3.00. The van der Waals surface area contributed by atoms with Gasteiger partial charge in [-0.25, -0.2) is 0 Å². The number of rotatable bonds is 5. The molecule has 0 aliphatic carbocycles. The SMILES string of the molecule is COc1ccc(C(=O)C[n+]2ccccc2)cc1OC.[I-]. The number of ether oxygens (including phenoxy) is 2. The molecule has 0 amide bonds. The Kier molecular flexibility index (Phi) is 6.44. The summed E-state index contributed by atoms with van der Waals surface area (Å²) in [5.41, 5.74) is 0.606. The third-order valence-electron chi connectivity index (χ3n) is 2.81. The van der Waals surface area contributed by atoms with Crippen LogP contribution >= 0.6 is 0 Å². The van der Waals surface area contributed by atoms with Crippen LogP contribution in [0.4, 0.5) is 0 Å². The third kappa shape index (κ3) is 3.93. The minimum Gasteiger partial charge on any atom is -1.00 e. The number of aromatic nitrogens is 1. The van der Waals surface area contributed by atoms with Crippen LogP contribution in [0.15, 0.2) is 48.8 Å². The molecule has 0 unspecified atom stereocenters. The first-order chi connectivity index (χ1) is 9.24. The molecule has 106 valence electrons. The van der Waals surface area contributed by atoms with E-state index in [1.54, 1.807) is 32.4 Å². The molecule has 1 heterocycles. The second-order valence-electron chi connectivity index (χ2n) is 4.04. The van der Waals surface area contributed by atoms with Gasteiger partial charge in [-0.1, -0.05) is 6.07 Å². The van der Waals surface area contributed by atoms with Crippen molar-refractivity contribution in [2.24, 2.45) is 0 Å². The minimum atomic E-state index is 0. The van der Waals surface area contributed by atoms with E-state index >= 15 is 0 Å². The Balaban J connectivity index is 0.00000200.